The highest BCUT2D eigenvalue weighted by atomic mass is 32.2. The molecule has 1 aromatic carbocycles. The predicted molar refractivity (Wildman–Crippen MR) is 145 cm³/mol. The Morgan fingerprint density at radius 2 is 1.81 bits per heavy atom. The lowest BCUT2D eigenvalue weighted by molar-refractivity contribution is -0.145. The van der Waals surface area contributed by atoms with E-state index in [1.54, 1.807) is 49.0 Å². The Hall–Kier alpha value is -2.07. The maximum Gasteiger partial charge on any atom is 0.308 e. The van der Waals surface area contributed by atoms with Crippen LogP contribution in [0.4, 0.5) is 4.39 Å². The van der Waals surface area contributed by atoms with Crippen LogP contribution in [-0.2, 0) is 25.4 Å². The molecule has 7 nitrogen and oxygen atoms in total. The molecule has 0 aromatic heterocycles. The van der Waals surface area contributed by atoms with Crippen LogP contribution < -0.4 is 0 Å². The average Bonchev–Trinajstić information content (AvgIpc) is 2.91. The first-order valence-corrected chi connectivity index (χ1v) is 13.8. The fourth-order valence-electron chi connectivity index (χ4n) is 4.93. The molecule has 0 saturated carbocycles. The second-order valence-electron chi connectivity index (χ2n) is 9.99. The molecule has 0 amide bonds. The minimum absolute atomic E-state index is 0.0708. The fraction of sp³-hybridized carbons (Fsp3) is 0.607. The van der Waals surface area contributed by atoms with Crippen LogP contribution in [0.5, 0.6) is 0 Å². The molecular weight excluding hydrogens is 495 g/mol. The van der Waals surface area contributed by atoms with Crippen molar-refractivity contribution >= 4 is 17.1 Å². The predicted octanol–water partition coefficient (Wildman–Crippen LogP) is 4.43. The first-order valence-electron chi connectivity index (χ1n) is 12.8. The SMILES string of the molecule is COC(=O)C(C)CCC(CC(CO)C1=CC(N(C)S(=O)N(C)C)=CCC1OC)[C@@H](C)c1ccc(F)cc1. The maximum absolute atomic E-state index is 13.6. The van der Waals surface area contributed by atoms with Crippen LogP contribution >= 0.6 is 0 Å². The summed E-state index contributed by atoms with van der Waals surface area (Å²) in [6, 6.07) is 6.53. The molecule has 208 valence electrons. The quantitative estimate of drug-likeness (QED) is 0.355. The molecule has 0 radical (unpaired) electrons. The molecule has 0 bridgehead atoms. The first-order chi connectivity index (χ1) is 17.5. The molecule has 0 spiro atoms. The van der Waals surface area contributed by atoms with Gasteiger partial charge in [-0.3, -0.25) is 9.10 Å². The molecular formula is C28H43FN2O5S. The smallest absolute Gasteiger partial charge is 0.308 e. The third kappa shape index (κ3) is 8.46. The number of hydrogen-bond acceptors (Lipinski definition) is 5. The molecule has 0 aliphatic heterocycles. The number of ether oxygens (including phenoxy) is 2. The normalized spacial score (nSPS) is 19.9. The van der Waals surface area contributed by atoms with Gasteiger partial charge in [0.05, 0.1) is 19.1 Å². The zero-order chi connectivity index (χ0) is 27.7. The van der Waals surface area contributed by atoms with Crippen LogP contribution in [0.2, 0.25) is 0 Å². The van der Waals surface area contributed by atoms with Gasteiger partial charge in [-0.15, -0.1) is 0 Å². The number of aliphatic hydroxyl groups excluding tert-OH is 1. The summed E-state index contributed by atoms with van der Waals surface area (Å²) in [6.45, 7) is 3.90. The van der Waals surface area contributed by atoms with E-state index in [0.717, 1.165) is 23.3 Å². The third-order valence-electron chi connectivity index (χ3n) is 7.38. The standard InChI is InChI=1S/C28H43FN2O5S/c1-19(28(33)36-7)8-9-22(20(2)21-10-12-24(29)13-11-21)16-23(18-32)26-17-25(14-15-27(26)35-6)31(5)37(34)30(3)4/h10-14,17,19-20,22-23,27,32H,8-9,15-16,18H2,1-7H3/t19?,20-,22?,23?,27?,37?/m0/s1. The number of methoxy groups -OCH3 is 2. The van der Waals surface area contributed by atoms with Crippen LogP contribution in [-0.4, -0.2) is 72.0 Å². The molecule has 37 heavy (non-hydrogen) atoms. The number of hydrogen-bond donors (Lipinski definition) is 1. The number of nitrogens with zero attached hydrogens (tertiary/aromatic N) is 2. The molecule has 0 heterocycles. The van der Waals surface area contributed by atoms with Gasteiger partial charge in [0.15, 0.2) is 11.2 Å². The lowest BCUT2D eigenvalue weighted by atomic mass is 9.75. The summed E-state index contributed by atoms with van der Waals surface area (Å²) in [6.07, 6.45) is 6.44. The molecule has 6 atom stereocenters. The number of halogens is 1. The van der Waals surface area contributed by atoms with Gasteiger partial charge in [-0.2, -0.15) is 0 Å². The molecule has 0 saturated heterocycles. The summed E-state index contributed by atoms with van der Waals surface area (Å²) in [7, 11) is 8.34. The van der Waals surface area contributed by atoms with Crippen LogP contribution in [0, 0.1) is 23.6 Å². The topological polar surface area (TPSA) is 79.3 Å². The Morgan fingerprint density at radius 1 is 1.16 bits per heavy atom. The van der Waals surface area contributed by atoms with Gasteiger partial charge in [-0.05, 0) is 66.9 Å². The van der Waals surface area contributed by atoms with Crippen molar-refractivity contribution in [3.05, 3.63) is 59.1 Å². The van der Waals surface area contributed by atoms with Crippen molar-refractivity contribution in [1.29, 1.82) is 0 Å². The van der Waals surface area contributed by atoms with Crippen molar-refractivity contribution in [1.82, 2.24) is 8.61 Å². The first kappa shape index (κ1) is 31.1. The summed E-state index contributed by atoms with van der Waals surface area (Å²) >= 11 is -1.34. The molecule has 5 unspecified atom stereocenters. The molecule has 1 aliphatic rings. The van der Waals surface area contributed by atoms with Crippen molar-refractivity contribution in [2.75, 3.05) is 42.0 Å². The largest absolute Gasteiger partial charge is 0.469 e. The minimum Gasteiger partial charge on any atom is -0.469 e. The van der Waals surface area contributed by atoms with Gasteiger partial charge in [0, 0.05) is 46.5 Å². The second-order valence-corrected chi connectivity index (χ2v) is 11.7. The van der Waals surface area contributed by atoms with Crippen molar-refractivity contribution in [3.63, 3.8) is 0 Å². The van der Waals surface area contributed by atoms with Gasteiger partial charge in [0.2, 0.25) is 0 Å². The minimum atomic E-state index is -1.34. The highest BCUT2D eigenvalue weighted by Gasteiger charge is 2.31. The maximum atomic E-state index is 13.6. The summed E-state index contributed by atoms with van der Waals surface area (Å²) < 4.78 is 40.3. The molecule has 9 heteroatoms. The third-order valence-corrected chi connectivity index (χ3v) is 8.68. The number of carbonyl (C=O) groups is 1. The monoisotopic (exact) mass is 538 g/mol. The van der Waals surface area contributed by atoms with E-state index in [1.165, 1.54) is 19.2 Å². The molecule has 0 fully saturated rings. The number of benzene rings is 1. The van der Waals surface area contributed by atoms with Crippen LogP contribution in [0.15, 0.2) is 47.7 Å². The second kappa shape index (κ2) is 14.8. The zero-order valence-electron chi connectivity index (χ0n) is 23.1. The lowest BCUT2D eigenvalue weighted by Crippen LogP contribution is -2.33. The number of esters is 1. The Balaban J connectivity index is 2.36. The Bertz CT molecular complexity index is 966. The lowest BCUT2D eigenvalue weighted by Gasteiger charge is -2.34. The van der Waals surface area contributed by atoms with E-state index in [9.17, 15) is 18.5 Å². The van der Waals surface area contributed by atoms with E-state index < -0.39 is 11.2 Å². The molecule has 1 N–H and O–H groups in total. The zero-order valence-corrected chi connectivity index (χ0v) is 24.0. The number of carbonyl (C=O) groups excluding carboxylic acids is 1. The van der Waals surface area contributed by atoms with Crippen LogP contribution in [0.25, 0.3) is 0 Å². The number of allylic oxidation sites excluding steroid dienone is 1. The van der Waals surface area contributed by atoms with Crippen LogP contribution in [0.1, 0.15) is 51.0 Å². The average molecular weight is 539 g/mol. The Labute approximate surface area is 224 Å². The highest BCUT2D eigenvalue weighted by Crippen LogP contribution is 2.38. The van der Waals surface area contributed by atoms with E-state index in [4.69, 9.17) is 9.47 Å². The fourth-order valence-corrected chi connectivity index (χ4v) is 5.73. The highest BCUT2D eigenvalue weighted by molar-refractivity contribution is 7.80. The van der Waals surface area contributed by atoms with Gasteiger partial charge in [0.1, 0.15) is 5.82 Å². The van der Waals surface area contributed by atoms with Crippen molar-refractivity contribution in [2.24, 2.45) is 17.8 Å². The van der Waals surface area contributed by atoms with E-state index in [-0.39, 0.29) is 48.2 Å². The van der Waals surface area contributed by atoms with Gasteiger partial charge >= 0.3 is 5.97 Å². The number of rotatable bonds is 14. The van der Waals surface area contributed by atoms with Crippen LogP contribution in [0.3, 0.4) is 0 Å². The van der Waals surface area contributed by atoms with Gasteiger partial charge in [-0.1, -0.05) is 32.1 Å². The molecule has 1 aromatic rings. The summed E-state index contributed by atoms with van der Waals surface area (Å²) in [5, 5.41) is 10.5. The number of likely N-dealkylation sites (N-methyl/N-ethyl adjacent to an activating group) is 1. The summed E-state index contributed by atoms with van der Waals surface area (Å²) in [4.78, 5) is 12.0. The van der Waals surface area contributed by atoms with E-state index in [2.05, 4.69) is 6.92 Å². The van der Waals surface area contributed by atoms with Crippen molar-refractivity contribution in [3.8, 4) is 0 Å². The van der Waals surface area contributed by atoms with Gasteiger partial charge in [0.25, 0.3) is 0 Å². The molecule has 1 aliphatic carbocycles. The van der Waals surface area contributed by atoms with Crippen molar-refractivity contribution in [2.45, 2.75) is 51.6 Å². The number of aliphatic hydroxyl groups is 1. The van der Waals surface area contributed by atoms with Crippen molar-refractivity contribution < 1.29 is 28.0 Å². The van der Waals surface area contributed by atoms with Gasteiger partial charge < -0.3 is 14.6 Å². The summed E-state index contributed by atoms with van der Waals surface area (Å²) in [5.41, 5.74) is 2.79. The van der Waals surface area contributed by atoms with E-state index >= 15 is 0 Å². The Kier molecular flexibility index (Phi) is 12.4. The summed E-state index contributed by atoms with van der Waals surface area (Å²) in [5.74, 6) is -0.789. The van der Waals surface area contributed by atoms with E-state index in [0.29, 0.717) is 19.3 Å². The Morgan fingerprint density at radius 3 is 2.35 bits per heavy atom. The van der Waals surface area contributed by atoms with Gasteiger partial charge in [-0.25, -0.2) is 12.9 Å². The molecule has 2 rings (SSSR count). The van der Waals surface area contributed by atoms with E-state index in [1.807, 2.05) is 19.1 Å².